The highest BCUT2D eigenvalue weighted by molar-refractivity contribution is 6.31. The van der Waals surface area contributed by atoms with Gasteiger partial charge in [0.15, 0.2) is 11.2 Å². The lowest BCUT2D eigenvalue weighted by Gasteiger charge is -2.14. The monoisotopic (exact) mass is 404 g/mol. The van der Waals surface area contributed by atoms with Crippen molar-refractivity contribution in [2.45, 2.75) is 6.54 Å². The van der Waals surface area contributed by atoms with Gasteiger partial charge in [0.1, 0.15) is 5.58 Å². The number of rotatable bonds is 5. The van der Waals surface area contributed by atoms with E-state index in [0.717, 1.165) is 5.56 Å². The van der Waals surface area contributed by atoms with E-state index in [4.69, 9.17) is 16.0 Å². The number of fused-ring (bicyclic) bond motifs is 1. The maximum atomic E-state index is 12.7. The second kappa shape index (κ2) is 8.20. The summed E-state index contributed by atoms with van der Waals surface area (Å²) in [6, 6.07) is 23.1. The number of anilines is 2. The van der Waals surface area contributed by atoms with E-state index in [9.17, 15) is 9.59 Å². The lowest BCUT2D eigenvalue weighted by molar-refractivity contribution is 0.0997. The third-order valence-corrected chi connectivity index (χ3v) is 4.65. The minimum Gasteiger partial charge on any atom is -0.451 e. The smallest absolute Gasteiger partial charge is 0.291 e. The summed E-state index contributed by atoms with van der Waals surface area (Å²) < 4.78 is 5.61. The molecule has 0 spiro atoms. The van der Waals surface area contributed by atoms with E-state index < -0.39 is 5.91 Å². The summed E-state index contributed by atoms with van der Waals surface area (Å²) in [6.45, 7) is 0.580. The van der Waals surface area contributed by atoms with E-state index in [2.05, 4.69) is 10.6 Å². The van der Waals surface area contributed by atoms with Crippen LogP contribution < -0.4 is 16.1 Å². The van der Waals surface area contributed by atoms with Crippen LogP contribution in [0.25, 0.3) is 11.0 Å². The molecule has 144 valence electrons. The largest absolute Gasteiger partial charge is 0.451 e. The number of hydrogen-bond acceptors (Lipinski definition) is 4. The van der Waals surface area contributed by atoms with E-state index in [0.29, 0.717) is 33.9 Å². The van der Waals surface area contributed by atoms with Crippen LogP contribution in [0, 0.1) is 0 Å². The van der Waals surface area contributed by atoms with Crippen molar-refractivity contribution in [3.63, 3.8) is 0 Å². The van der Waals surface area contributed by atoms with E-state index >= 15 is 0 Å². The molecule has 0 aliphatic rings. The summed E-state index contributed by atoms with van der Waals surface area (Å²) in [7, 11) is 0. The van der Waals surface area contributed by atoms with Crippen LogP contribution in [0.3, 0.4) is 0 Å². The fourth-order valence-corrected chi connectivity index (χ4v) is 3.14. The van der Waals surface area contributed by atoms with Crippen molar-refractivity contribution in [1.82, 2.24) is 0 Å². The summed E-state index contributed by atoms with van der Waals surface area (Å²) in [6.07, 6.45) is 0. The molecule has 1 heterocycles. The molecule has 0 saturated heterocycles. The number of benzene rings is 3. The molecule has 2 N–H and O–H groups in total. The average Bonchev–Trinajstić information content (AvgIpc) is 2.74. The van der Waals surface area contributed by atoms with E-state index in [1.165, 1.54) is 6.07 Å². The Hall–Kier alpha value is -3.57. The Balaban J connectivity index is 1.59. The van der Waals surface area contributed by atoms with Gasteiger partial charge in [0.05, 0.1) is 16.8 Å². The van der Waals surface area contributed by atoms with Crippen molar-refractivity contribution in [2.75, 3.05) is 10.6 Å². The molecule has 0 fully saturated rings. The van der Waals surface area contributed by atoms with Crippen molar-refractivity contribution in [1.29, 1.82) is 0 Å². The maximum absolute atomic E-state index is 12.7. The van der Waals surface area contributed by atoms with Crippen LogP contribution >= 0.6 is 11.6 Å². The zero-order chi connectivity index (χ0) is 20.2. The molecule has 5 nitrogen and oxygen atoms in total. The molecule has 6 heteroatoms. The summed E-state index contributed by atoms with van der Waals surface area (Å²) in [5.74, 6) is -0.597. The molecule has 29 heavy (non-hydrogen) atoms. The molecule has 0 aliphatic carbocycles. The Labute approximate surface area is 171 Å². The number of nitrogens with one attached hydrogen (secondary N) is 2. The number of hydrogen-bond donors (Lipinski definition) is 2. The van der Waals surface area contributed by atoms with Crippen LogP contribution in [0.2, 0.25) is 5.02 Å². The van der Waals surface area contributed by atoms with Gasteiger partial charge < -0.3 is 15.1 Å². The van der Waals surface area contributed by atoms with Gasteiger partial charge in [0.2, 0.25) is 0 Å². The molecule has 0 bridgehead atoms. The predicted molar refractivity (Wildman–Crippen MR) is 116 cm³/mol. The summed E-state index contributed by atoms with van der Waals surface area (Å²) in [5.41, 5.74) is 2.38. The molecule has 0 aliphatic heterocycles. The van der Waals surface area contributed by atoms with E-state index in [1.807, 2.05) is 30.3 Å². The van der Waals surface area contributed by atoms with Crippen molar-refractivity contribution in [3.8, 4) is 0 Å². The molecule has 0 saturated carbocycles. The summed E-state index contributed by atoms with van der Waals surface area (Å²) in [4.78, 5) is 25.0. The molecule has 1 amide bonds. The van der Waals surface area contributed by atoms with Crippen LogP contribution in [0.4, 0.5) is 11.4 Å². The van der Waals surface area contributed by atoms with Gasteiger partial charge in [-0.3, -0.25) is 9.59 Å². The molecule has 0 atom stereocenters. The second-order valence-electron chi connectivity index (χ2n) is 6.45. The molecule has 1 aromatic heterocycles. The second-order valence-corrected chi connectivity index (χ2v) is 6.89. The average molecular weight is 405 g/mol. The van der Waals surface area contributed by atoms with Gasteiger partial charge in [-0.2, -0.15) is 0 Å². The van der Waals surface area contributed by atoms with Crippen molar-refractivity contribution in [3.05, 3.63) is 105 Å². The quantitative estimate of drug-likeness (QED) is 0.472. The first kappa shape index (κ1) is 18.8. The Morgan fingerprint density at radius 3 is 2.48 bits per heavy atom. The van der Waals surface area contributed by atoms with Gasteiger partial charge >= 0.3 is 0 Å². The number of carbonyl (C=O) groups is 1. The zero-order valence-electron chi connectivity index (χ0n) is 15.3. The molecule has 3 aromatic carbocycles. The van der Waals surface area contributed by atoms with Crippen LogP contribution in [-0.2, 0) is 6.54 Å². The van der Waals surface area contributed by atoms with E-state index in [1.54, 1.807) is 42.5 Å². The van der Waals surface area contributed by atoms with Gasteiger partial charge in [-0.15, -0.1) is 0 Å². The fraction of sp³-hybridized carbons (Fsp3) is 0.0435. The number of halogens is 1. The van der Waals surface area contributed by atoms with Crippen LogP contribution in [0.15, 0.2) is 88.1 Å². The number of para-hydroxylation sites is 1. The highest BCUT2D eigenvalue weighted by atomic mass is 35.5. The zero-order valence-corrected chi connectivity index (χ0v) is 16.1. The lowest BCUT2D eigenvalue weighted by Crippen LogP contribution is -2.16. The molecular weight excluding hydrogens is 388 g/mol. The Kier molecular flexibility index (Phi) is 5.31. The van der Waals surface area contributed by atoms with Crippen molar-refractivity contribution in [2.24, 2.45) is 0 Å². The molecular formula is C23H17ClN2O3. The number of amides is 1. The lowest BCUT2D eigenvalue weighted by atomic mass is 10.2. The highest BCUT2D eigenvalue weighted by Gasteiger charge is 2.14. The van der Waals surface area contributed by atoms with Crippen LogP contribution in [-0.4, -0.2) is 5.91 Å². The SMILES string of the molecule is O=C(Nc1cc(Cl)ccc1NCc1ccccc1)c1cc(=O)c2ccccc2o1. The fourth-order valence-electron chi connectivity index (χ4n) is 2.97. The Morgan fingerprint density at radius 2 is 1.66 bits per heavy atom. The first-order chi connectivity index (χ1) is 14.1. The molecule has 4 rings (SSSR count). The molecule has 0 radical (unpaired) electrons. The first-order valence-electron chi connectivity index (χ1n) is 9.02. The molecule has 4 aromatic rings. The van der Waals surface area contributed by atoms with Gasteiger partial charge in [-0.05, 0) is 35.9 Å². The standard InChI is InChI=1S/C23H17ClN2O3/c24-16-10-11-18(25-14-15-6-2-1-3-7-15)19(12-16)26-23(28)22-13-20(27)17-8-4-5-9-21(17)29-22/h1-13,25H,14H2,(H,26,28). The Bertz CT molecular complexity index is 1240. The maximum Gasteiger partial charge on any atom is 0.291 e. The van der Waals surface area contributed by atoms with Gasteiger partial charge in [0.25, 0.3) is 5.91 Å². The summed E-state index contributed by atoms with van der Waals surface area (Å²) >= 11 is 6.11. The van der Waals surface area contributed by atoms with Gasteiger partial charge in [0, 0.05) is 17.6 Å². The molecule has 0 unspecified atom stereocenters. The van der Waals surface area contributed by atoms with Crippen LogP contribution in [0.5, 0.6) is 0 Å². The minimum atomic E-state index is -0.530. The highest BCUT2D eigenvalue weighted by Crippen LogP contribution is 2.27. The minimum absolute atomic E-state index is 0.0670. The predicted octanol–water partition coefficient (Wildman–Crippen LogP) is 5.31. The van der Waals surface area contributed by atoms with Crippen molar-refractivity contribution < 1.29 is 9.21 Å². The van der Waals surface area contributed by atoms with E-state index in [-0.39, 0.29) is 11.2 Å². The summed E-state index contributed by atoms with van der Waals surface area (Å²) in [5, 5.41) is 6.97. The van der Waals surface area contributed by atoms with Gasteiger partial charge in [-0.25, -0.2) is 0 Å². The van der Waals surface area contributed by atoms with Crippen molar-refractivity contribution >= 4 is 39.9 Å². The Morgan fingerprint density at radius 1 is 0.897 bits per heavy atom. The third kappa shape index (κ3) is 4.31. The topological polar surface area (TPSA) is 71.3 Å². The van der Waals surface area contributed by atoms with Crippen LogP contribution in [0.1, 0.15) is 16.1 Å². The van der Waals surface area contributed by atoms with Gasteiger partial charge in [-0.1, -0.05) is 54.1 Å². The third-order valence-electron chi connectivity index (χ3n) is 4.41. The normalized spacial score (nSPS) is 10.7. The first-order valence-corrected chi connectivity index (χ1v) is 9.39. The number of carbonyl (C=O) groups excluding carboxylic acids is 1.